The van der Waals surface area contributed by atoms with Crippen molar-refractivity contribution < 1.29 is 5.21 Å². The third-order valence-electron chi connectivity index (χ3n) is 2.94. The van der Waals surface area contributed by atoms with E-state index in [0.717, 1.165) is 26.1 Å². The molecule has 86 valence electrons. The van der Waals surface area contributed by atoms with E-state index in [4.69, 9.17) is 10.9 Å². The molecule has 0 atom stereocenters. The van der Waals surface area contributed by atoms with Gasteiger partial charge in [-0.25, -0.2) is 0 Å². The molecule has 0 amide bonds. The van der Waals surface area contributed by atoms with E-state index >= 15 is 0 Å². The topological polar surface area (TPSA) is 61.8 Å². The van der Waals surface area contributed by atoms with Gasteiger partial charge in [0.1, 0.15) is 5.84 Å². The summed E-state index contributed by atoms with van der Waals surface area (Å²) in [7, 11) is 0. The van der Waals surface area contributed by atoms with Crippen molar-refractivity contribution in [2.75, 3.05) is 6.54 Å². The zero-order chi connectivity index (χ0) is 11.4. The van der Waals surface area contributed by atoms with Crippen molar-refractivity contribution in [1.82, 2.24) is 4.90 Å². The average Bonchev–Trinajstić information content (AvgIpc) is 2.71. The lowest BCUT2D eigenvalue weighted by molar-refractivity contribution is 0.280. The number of nitrogens with two attached hydrogens (primary N) is 1. The number of amidine groups is 1. The number of rotatable bonds is 4. The third-order valence-corrected chi connectivity index (χ3v) is 2.94. The average molecular weight is 219 g/mol. The van der Waals surface area contributed by atoms with Crippen molar-refractivity contribution in [2.24, 2.45) is 10.9 Å². The first kappa shape index (κ1) is 11.0. The van der Waals surface area contributed by atoms with Gasteiger partial charge in [-0.15, -0.1) is 0 Å². The highest BCUT2D eigenvalue weighted by atomic mass is 16.4. The fraction of sp³-hybridized carbons (Fsp3) is 0.417. The molecule has 0 bridgehead atoms. The van der Waals surface area contributed by atoms with Gasteiger partial charge in [-0.05, 0) is 24.1 Å². The highest BCUT2D eigenvalue weighted by Crippen LogP contribution is 2.22. The Hall–Kier alpha value is -1.55. The van der Waals surface area contributed by atoms with E-state index in [1.165, 1.54) is 11.1 Å². The molecule has 0 radical (unpaired) electrons. The Kier molecular flexibility index (Phi) is 3.41. The molecular formula is C12H17N3O. The second-order valence-electron chi connectivity index (χ2n) is 4.17. The number of oxime groups is 1. The van der Waals surface area contributed by atoms with Crippen LogP contribution in [-0.4, -0.2) is 22.5 Å². The summed E-state index contributed by atoms with van der Waals surface area (Å²) >= 11 is 0. The Bertz CT molecular complexity index is 365. The minimum absolute atomic E-state index is 0.316. The highest BCUT2D eigenvalue weighted by Gasteiger charge is 2.17. The van der Waals surface area contributed by atoms with Crippen molar-refractivity contribution in [1.29, 1.82) is 0 Å². The first-order valence-electron chi connectivity index (χ1n) is 5.55. The third kappa shape index (κ3) is 2.52. The van der Waals surface area contributed by atoms with E-state index in [0.29, 0.717) is 12.3 Å². The van der Waals surface area contributed by atoms with Crippen LogP contribution < -0.4 is 5.73 Å². The van der Waals surface area contributed by atoms with Crippen LogP contribution in [0.5, 0.6) is 0 Å². The molecule has 0 unspecified atom stereocenters. The second kappa shape index (κ2) is 4.99. The molecule has 0 saturated carbocycles. The van der Waals surface area contributed by atoms with E-state index in [2.05, 4.69) is 34.3 Å². The van der Waals surface area contributed by atoms with Crippen LogP contribution in [0, 0.1) is 0 Å². The molecule has 0 aromatic heterocycles. The Balaban J connectivity index is 1.79. The Morgan fingerprint density at radius 1 is 1.31 bits per heavy atom. The van der Waals surface area contributed by atoms with Crippen LogP contribution in [0.15, 0.2) is 29.4 Å². The molecule has 1 aliphatic rings. The molecule has 4 heteroatoms. The molecule has 16 heavy (non-hydrogen) atoms. The number of hydrogen-bond acceptors (Lipinski definition) is 3. The molecule has 0 fully saturated rings. The maximum Gasteiger partial charge on any atom is 0.139 e. The second-order valence-corrected chi connectivity index (χ2v) is 4.17. The maximum atomic E-state index is 8.42. The van der Waals surface area contributed by atoms with Crippen molar-refractivity contribution in [3.63, 3.8) is 0 Å². The van der Waals surface area contributed by atoms with Crippen molar-refractivity contribution >= 4 is 5.84 Å². The summed E-state index contributed by atoms with van der Waals surface area (Å²) in [5.74, 6) is 0.316. The van der Waals surface area contributed by atoms with E-state index in [1.807, 2.05) is 0 Å². The summed E-state index contributed by atoms with van der Waals surface area (Å²) in [5.41, 5.74) is 8.27. The van der Waals surface area contributed by atoms with Crippen LogP contribution in [0.1, 0.15) is 24.0 Å². The number of benzene rings is 1. The zero-order valence-corrected chi connectivity index (χ0v) is 9.26. The molecule has 1 aromatic carbocycles. The maximum absolute atomic E-state index is 8.42. The van der Waals surface area contributed by atoms with E-state index in [1.54, 1.807) is 0 Å². The molecule has 0 spiro atoms. The lowest BCUT2D eigenvalue weighted by Crippen LogP contribution is -2.20. The molecule has 0 aliphatic carbocycles. The molecule has 1 heterocycles. The Morgan fingerprint density at radius 3 is 2.50 bits per heavy atom. The Morgan fingerprint density at radius 2 is 1.94 bits per heavy atom. The molecule has 1 aliphatic heterocycles. The van der Waals surface area contributed by atoms with Crippen LogP contribution in [0.25, 0.3) is 0 Å². The normalized spacial score (nSPS) is 16.4. The van der Waals surface area contributed by atoms with Crippen LogP contribution in [-0.2, 0) is 13.1 Å². The number of hydrogen-bond donors (Lipinski definition) is 2. The smallest absolute Gasteiger partial charge is 0.139 e. The minimum Gasteiger partial charge on any atom is -0.409 e. The van der Waals surface area contributed by atoms with Crippen molar-refractivity contribution in [3.8, 4) is 0 Å². The molecule has 1 aromatic rings. The summed E-state index contributed by atoms with van der Waals surface area (Å²) < 4.78 is 0. The largest absolute Gasteiger partial charge is 0.409 e. The van der Waals surface area contributed by atoms with Crippen molar-refractivity contribution in [3.05, 3.63) is 35.4 Å². The van der Waals surface area contributed by atoms with Gasteiger partial charge in [-0.2, -0.15) is 0 Å². The summed E-state index contributed by atoms with van der Waals surface area (Å²) in [6, 6.07) is 8.52. The fourth-order valence-corrected chi connectivity index (χ4v) is 2.10. The van der Waals surface area contributed by atoms with Crippen LogP contribution in [0.3, 0.4) is 0 Å². The minimum atomic E-state index is 0.316. The first-order chi connectivity index (χ1) is 7.79. The molecule has 4 nitrogen and oxygen atoms in total. The van der Waals surface area contributed by atoms with Crippen LogP contribution in [0.4, 0.5) is 0 Å². The van der Waals surface area contributed by atoms with Crippen LogP contribution >= 0.6 is 0 Å². The van der Waals surface area contributed by atoms with E-state index in [-0.39, 0.29) is 0 Å². The first-order valence-corrected chi connectivity index (χ1v) is 5.55. The summed E-state index contributed by atoms with van der Waals surface area (Å²) in [4.78, 5) is 2.38. The summed E-state index contributed by atoms with van der Waals surface area (Å²) in [6.07, 6.45) is 1.59. The molecular weight excluding hydrogens is 202 g/mol. The van der Waals surface area contributed by atoms with E-state index < -0.39 is 0 Å². The fourth-order valence-electron chi connectivity index (χ4n) is 2.10. The lowest BCUT2D eigenvalue weighted by Gasteiger charge is -2.13. The quantitative estimate of drug-likeness (QED) is 0.349. The summed E-state index contributed by atoms with van der Waals surface area (Å²) in [6.45, 7) is 3.03. The SMILES string of the molecule is NC(CCCN1Cc2ccccc2C1)=NO. The predicted molar refractivity (Wildman–Crippen MR) is 63.2 cm³/mol. The predicted octanol–water partition coefficient (Wildman–Crippen LogP) is 1.53. The van der Waals surface area contributed by atoms with Gasteiger partial charge in [0, 0.05) is 19.5 Å². The number of fused-ring (bicyclic) bond motifs is 1. The zero-order valence-electron chi connectivity index (χ0n) is 9.26. The Labute approximate surface area is 95.4 Å². The van der Waals surface area contributed by atoms with Crippen molar-refractivity contribution in [2.45, 2.75) is 25.9 Å². The monoisotopic (exact) mass is 219 g/mol. The van der Waals surface area contributed by atoms with Gasteiger partial charge >= 0.3 is 0 Å². The van der Waals surface area contributed by atoms with Gasteiger partial charge < -0.3 is 10.9 Å². The molecule has 3 N–H and O–H groups in total. The van der Waals surface area contributed by atoms with Gasteiger partial charge in [-0.3, -0.25) is 4.90 Å². The number of nitrogens with zero attached hydrogens (tertiary/aromatic N) is 2. The highest BCUT2D eigenvalue weighted by molar-refractivity contribution is 5.79. The van der Waals surface area contributed by atoms with Gasteiger partial charge in [-0.1, -0.05) is 29.4 Å². The van der Waals surface area contributed by atoms with E-state index in [9.17, 15) is 0 Å². The van der Waals surface area contributed by atoms with Gasteiger partial charge in [0.05, 0.1) is 0 Å². The van der Waals surface area contributed by atoms with Gasteiger partial charge in [0.2, 0.25) is 0 Å². The van der Waals surface area contributed by atoms with Gasteiger partial charge in [0.15, 0.2) is 0 Å². The molecule has 2 rings (SSSR count). The van der Waals surface area contributed by atoms with Crippen LogP contribution in [0.2, 0.25) is 0 Å². The lowest BCUT2D eigenvalue weighted by atomic mass is 10.1. The standard InChI is InChI=1S/C12H17N3O/c13-12(14-16)6-3-7-15-8-10-4-1-2-5-11(10)9-15/h1-2,4-5,16H,3,6-9H2,(H2,13,14). The summed E-state index contributed by atoms with van der Waals surface area (Å²) in [5, 5.41) is 11.4. The van der Waals surface area contributed by atoms with Gasteiger partial charge in [0.25, 0.3) is 0 Å². The molecule has 0 saturated heterocycles.